The van der Waals surface area contributed by atoms with Crippen molar-refractivity contribution in [1.29, 1.82) is 0 Å². The van der Waals surface area contributed by atoms with Crippen molar-refractivity contribution in [2.75, 3.05) is 18.4 Å². The fourth-order valence-electron chi connectivity index (χ4n) is 3.36. The summed E-state index contributed by atoms with van der Waals surface area (Å²) >= 11 is 5.82. The van der Waals surface area contributed by atoms with Crippen LogP contribution in [0.25, 0.3) is 0 Å². The SMILES string of the molecule is CC(=O)Nc1cc(C(=O)N2CCC(NS(=O)(=O)c3ccc(Cl)cc3)CC2)ccc1C. The van der Waals surface area contributed by atoms with Gasteiger partial charge in [0.1, 0.15) is 0 Å². The first kappa shape index (κ1) is 22.3. The summed E-state index contributed by atoms with van der Waals surface area (Å²) in [7, 11) is -3.64. The number of nitrogens with one attached hydrogen (secondary N) is 2. The molecule has 0 spiro atoms. The zero-order valence-electron chi connectivity index (χ0n) is 16.8. The number of nitrogens with zero attached hydrogens (tertiary/aromatic N) is 1. The molecule has 2 amide bonds. The maximum Gasteiger partial charge on any atom is 0.253 e. The van der Waals surface area contributed by atoms with Crippen molar-refractivity contribution in [2.45, 2.75) is 37.6 Å². The van der Waals surface area contributed by atoms with Crippen molar-refractivity contribution < 1.29 is 18.0 Å². The van der Waals surface area contributed by atoms with E-state index in [1.54, 1.807) is 23.1 Å². The molecule has 2 aromatic carbocycles. The molecule has 2 aromatic rings. The molecule has 9 heteroatoms. The van der Waals surface area contributed by atoms with E-state index in [1.807, 2.05) is 6.92 Å². The molecular formula is C21H24ClN3O4S. The summed E-state index contributed by atoms with van der Waals surface area (Å²) in [4.78, 5) is 26.1. The molecule has 0 atom stereocenters. The summed E-state index contributed by atoms with van der Waals surface area (Å²) in [6.07, 6.45) is 1.03. The largest absolute Gasteiger partial charge is 0.339 e. The third-order valence-corrected chi connectivity index (χ3v) is 6.81. The number of hydrogen-bond donors (Lipinski definition) is 2. The van der Waals surface area contributed by atoms with Gasteiger partial charge in [-0.05, 0) is 61.7 Å². The van der Waals surface area contributed by atoms with Gasteiger partial charge in [0.2, 0.25) is 15.9 Å². The van der Waals surface area contributed by atoms with Crippen molar-refractivity contribution in [1.82, 2.24) is 9.62 Å². The van der Waals surface area contributed by atoms with E-state index < -0.39 is 10.0 Å². The topological polar surface area (TPSA) is 95.6 Å². The molecule has 0 aromatic heterocycles. The Morgan fingerprint density at radius 1 is 1.07 bits per heavy atom. The minimum absolute atomic E-state index is 0.138. The molecule has 1 aliphatic heterocycles. The third-order valence-electron chi connectivity index (χ3n) is 5.02. The normalized spacial score (nSPS) is 15.1. The first-order valence-corrected chi connectivity index (χ1v) is 11.5. The number of amides is 2. The van der Waals surface area contributed by atoms with Gasteiger partial charge in [-0.1, -0.05) is 17.7 Å². The number of benzene rings is 2. The highest BCUT2D eigenvalue weighted by atomic mass is 35.5. The number of hydrogen-bond acceptors (Lipinski definition) is 4. The monoisotopic (exact) mass is 449 g/mol. The van der Waals surface area contributed by atoms with Crippen LogP contribution in [-0.2, 0) is 14.8 Å². The molecule has 3 rings (SSSR count). The van der Waals surface area contributed by atoms with Crippen LogP contribution in [-0.4, -0.2) is 44.3 Å². The number of carbonyl (C=O) groups is 2. The van der Waals surface area contributed by atoms with Gasteiger partial charge in [-0.15, -0.1) is 0 Å². The van der Waals surface area contributed by atoms with E-state index in [0.29, 0.717) is 42.2 Å². The van der Waals surface area contributed by atoms with E-state index >= 15 is 0 Å². The minimum Gasteiger partial charge on any atom is -0.339 e. The van der Waals surface area contributed by atoms with Gasteiger partial charge < -0.3 is 10.2 Å². The number of aryl methyl sites for hydroxylation is 1. The lowest BCUT2D eigenvalue weighted by Gasteiger charge is -2.32. The standard InChI is InChI=1S/C21H24ClN3O4S/c1-14-3-4-16(13-20(14)23-15(2)26)21(27)25-11-9-18(10-12-25)24-30(28,29)19-7-5-17(22)6-8-19/h3-8,13,18,24H,9-12H2,1-2H3,(H,23,26). The highest BCUT2D eigenvalue weighted by Crippen LogP contribution is 2.21. The lowest BCUT2D eigenvalue weighted by molar-refractivity contribution is -0.114. The number of halogens is 1. The average Bonchev–Trinajstić information content (AvgIpc) is 2.69. The first-order chi connectivity index (χ1) is 14.2. The molecular weight excluding hydrogens is 426 g/mol. The van der Waals surface area contributed by atoms with Crippen LogP contribution in [0.4, 0.5) is 5.69 Å². The Labute approximate surface area is 181 Å². The predicted octanol–water partition coefficient (Wildman–Crippen LogP) is 3.19. The zero-order valence-corrected chi connectivity index (χ0v) is 18.4. The molecule has 1 saturated heterocycles. The van der Waals surface area contributed by atoms with E-state index in [0.717, 1.165) is 5.56 Å². The molecule has 1 fully saturated rings. The van der Waals surface area contributed by atoms with E-state index in [2.05, 4.69) is 10.0 Å². The minimum atomic E-state index is -3.64. The molecule has 0 unspecified atom stereocenters. The van der Waals surface area contributed by atoms with Crippen LogP contribution < -0.4 is 10.0 Å². The highest BCUT2D eigenvalue weighted by molar-refractivity contribution is 7.89. The fraction of sp³-hybridized carbons (Fsp3) is 0.333. The Morgan fingerprint density at radius 2 is 1.70 bits per heavy atom. The zero-order chi connectivity index (χ0) is 21.9. The second-order valence-electron chi connectivity index (χ2n) is 7.35. The molecule has 30 heavy (non-hydrogen) atoms. The van der Waals surface area contributed by atoms with Crippen LogP contribution in [0.1, 0.15) is 35.7 Å². The fourth-order valence-corrected chi connectivity index (χ4v) is 4.79. The summed E-state index contributed by atoms with van der Waals surface area (Å²) in [5.74, 6) is -0.336. The molecule has 160 valence electrons. The molecule has 1 heterocycles. The predicted molar refractivity (Wildman–Crippen MR) is 116 cm³/mol. The van der Waals surface area contributed by atoms with E-state index in [4.69, 9.17) is 11.6 Å². The van der Waals surface area contributed by atoms with Gasteiger partial charge in [0.05, 0.1) is 4.90 Å². The summed E-state index contributed by atoms with van der Waals surface area (Å²) in [5, 5.41) is 3.20. The van der Waals surface area contributed by atoms with Crippen molar-refractivity contribution >= 4 is 39.1 Å². The van der Waals surface area contributed by atoms with Crippen LogP contribution in [0.5, 0.6) is 0 Å². The maximum absolute atomic E-state index is 12.9. The lowest BCUT2D eigenvalue weighted by Crippen LogP contribution is -2.46. The van der Waals surface area contributed by atoms with E-state index in [1.165, 1.54) is 31.2 Å². The lowest BCUT2D eigenvalue weighted by atomic mass is 10.0. The molecule has 0 bridgehead atoms. The number of rotatable bonds is 5. The summed E-state index contributed by atoms with van der Waals surface area (Å²) < 4.78 is 27.8. The van der Waals surface area contributed by atoms with Crippen LogP contribution in [0.3, 0.4) is 0 Å². The number of piperidine rings is 1. The number of carbonyl (C=O) groups excluding carboxylic acids is 2. The Morgan fingerprint density at radius 3 is 2.30 bits per heavy atom. The van der Waals surface area contributed by atoms with Gasteiger partial charge in [-0.2, -0.15) is 0 Å². The van der Waals surface area contributed by atoms with Gasteiger partial charge in [0.25, 0.3) is 5.91 Å². The van der Waals surface area contributed by atoms with Gasteiger partial charge in [0, 0.05) is 42.3 Å². The molecule has 0 saturated carbocycles. The number of anilines is 1. The average molecular weight is 450 g/mol. The van der Waals surface area contributed by atoms with Crippen molar-refractivity contribution in [2.24, 2.45) is 0 Å². The third kappa shape index (κ3) is 5.38. The second-order valence-corrected chi connectivity index (χ2v) is 9.50. The van der Waals surface area contributed by atoms with Crippen LogP contribution in [0.2, 0.25) is 5.02 Å². The van der Waals surface area contributed by atoms with Crippen molar-refractivity contribution in [3.05, 3.63) is 58.6 Å². The van der Waals surface area contributed by atoms with Crippen molar-refractivity contribution in [3.63, 3.8) is 0 Å². The Bertz CT molecular complexity index is 1050. The summed E-state index contributed by atoms with van der Waals surface area (Å²) in [6, 6.07) is 11.0. The Balaban J connectivity index is 1.62. The van der Waals surface area contributed by atoms with E-state index in [9.17, 15) is 18.0 Å². The molecule has 0 aliphatic carbocycles. The van der Waals surface area contributed by atoms with Crippen molar-refractivity contribution in [3.8, 4) is 0 Å². The number of likely N-dealkylation sites (tertiary alicyclic amines) is 1. The molecule has 0 radical (unpaired) electrons. The highest BCUT2D eigenvalue weighted by Gasteiger charge is 2.27. The van der Waals surface area contributed by atoms with E-state index in [-0.39, 0.29) is 22.8 Å². The van der Waals surface area contributed by atoms with Gasteiger partial charge >= 0.3 is 0 Å². The molecule has 7 nitrogen and oxygen atoms in total. The van der Waals surface area contributed by atoms with Crippen LogP contribution >= 0.6 is 11.6 Å². The molecule has 1 aliphatic rings. The Hall–Kier alpha value is -2.42. The summed E-state index contributed by atoms with van der Waals surface area (Å²) in [5.41, 5.74) is 1.97. The number of sulfonamides is 1. The first-order valence-electron chi connectivity index (χ1n) is 9.61. The van der Waals surface area contributed by atoms with Crippen LogP contribution in [0.15, 0.2) is 47.4 Å². The maximum atomic E-state index is 12.9. The Kier molecular flexibility index (Phi) is 6.80. The quantitative estimate of drug-likeness (QED) is 0.732. The van der Waals surface area contributed by atoms with Crippen LogP contribution in [0, 0.1) is 6.92 Å². The summed E-state index contributed by atoms with van der Waals surface area (Å²) in [6.45, 7) is 4.16. The molecule has 2 N–H and O–H groups in total. The second kappa shape index (κ2) is 9.16. The van der Waals surface area contributed by atoms with Gasteiger partial charge in [-0.25, -0.2) is 13.1 Å². The van der Waals surface area contributed by atoms with Gasteiger partial charge in [0.15, 0.2) is 0 Å². The van der Waals surface area contributed by atoms with Gasteiger partial charge in [-0.3, -0.25) is 9.59 Å². The smallest absolute Gasteiger partial charge is 0.253 e.